The predicted octanol–water partition coefficient (Wildman–Crippen LogP) is 2.50. The number of halogens is 2. The standard InChI is InChI=1S/C11H9ClIN3O/c1-16-11(14-6-15-16)5-10(17)7-2-3-9(13)8(12)4-7/h2-4,6H,5H2,1H3. The van der Waals surface area contributed by atoms with Crippen LogP contribution in [0.4, 0.5) is 0 Å². The average Bonchev–Trinajstić information content (AvgIpc) is 2.68. The van der Waals surface area contributed by atoms with Gasteiger partial charge in [0.05, 0.1) is 11.4 Å². The van der Waals surface area contributed by atoms with Crippen molar-refractivity contribution in [3.05, 3.63) is 44.5 Å². The van der Waals surface area contributed by atoms with Crippen molar-refractivity contribution in [3.8, 4) is 0 Å². The zero-order valence-corrected chi connectivity index (χ0v) is 11.9. The van der Waals surface area contributed by atoms with E-state index in [-0.39, 0.29) is 12.2 Å². The van der Waals surface area contributed by atoms with E-state index >= 15 is 0 Å². The van der Waals surface area contributed by atoms with Crippen LogP contribution in [0.5, 0.6) is 0 Å². The van der Waals surface area contributed by atoms with Gasteiger partial charge in [0, 0.05) is 16.2 Å². The molecule has 17 heavy (non-hydrogen) atoms. The van der Waals surface area contributed by atoms with E-state index < -0.39 is 0 Å². The van der Waals surface area contributed by atoms with Gasteiger partial charge in [0.15, 0.2) is 5.78 Å². The van der Waals surface area contributed by atoms with Crippen molar-refractivity contribution in [2.75, 3.05) is 0 Å². The molecule has 88 valence electrons. The van der Waals surface area contributed by atoms with Crippen LogP contribution in [0.2, 0.25) is 5.02 Å². The van der Waals surface area contributed by atoms with Gasteiger partial charge in [0.25, 0.3) is 0 Å². The monoisotopic (exact) mass is 361 g/mol. The van der Waals surface area contributed by atoms with Crippen molar-refractivity contribution in [2.45, 2.75) is 6.42 Å². The third kappa shape index (κ3) is 2.84. The summed E-state index contributed by atoms with van der Waals surface area (Å²) >= 11 is 8.10. The number of aromatic nitrogens is 3. The minimum Gasteiger partial charge on any atom is -0.294 e. The van der Waals surface area contributed by atoms with Crippen molar-refractivity contribution < 1.29 is 4.79 Å². The van der Waals surface area contributed by atoms with E-state index in [1.807, 2.05) is 6.07 Å². The van der Waals surface area contributed by atoms with Crippen molar-refractivity contribution in [1.82, 2.24) is 14.8 Å². The van der Waals surface area contributed by atoms with Gasteiger partial charge < -0.3 is 0 Å². The summed E-state index contributed by atoms with van der Waals surface area (Å²) in [6.45, 7) is 0. The fourth-order valence-electron chi connectivity index (χ4n) is 1.40. The van der Waals surface area contributed by atoms with Gasteiger partial charge in [-0.2, -0.15) is 5.10 Å². The van der Waals surface area contributed by atoms with E-state index in [1.54, 1.807) is 23.9 Å². The van der Waals surface area contributed by atoms with Crippen molar-refractivity contribution in [1.29, 1.82) is 0 Å². The lowest BCUT2D eigenvalue weighted by Crippen LogP contribution is -2.09. The van der Waals surface area contributed by atoms with Gasteiger partial charge in [-0.15, -0.1) is 0 Å². The van der Waals surface area contributed by atoms with Crippen molar-refractivity contribution in [3.63, 3.8) is 0 Å². The minimum absolute atomic E-state index is 0.0144. The first-order valence-electron chi connectivity index (χ1n) is 4.89. The lowest BCUT2D eigenvalue weighted by molar-refractivity contribution is 0.0989. The van der Waals surface area contributed by atoms with Gasteiger partial charge in [-0.3, -0.25) is 9.48 Å². The molecule has 0 fully saturated rings. The van der Waals surface area contributed by atoms with E-state index in [0.717, 1.165) is 3.57 Å². The molecule has 0 spiro atoms. The molecule has 0 saturated carbocycles. The summed E-state index contributed by atoms with van der Waals surface area (Å²) in [6.07, 6.45) is 1.66. The molecule has 4 nitrogen and oxygen atoms in total. The number of rotatable bonds is 3. The van der Waals surface area contributed by atoms with E-state index in [0.29, 0.717) is 16.4 Å². The Kier molecular flexibility index (Phi) is 3.78. The number of carbonyl (C=O) groups excluding carboxylic acids is 1. The first-order valence-corrected chi connectivity index (χ1v) is 6.34. The molecule has 0 aliphatic rings. The second kappa shape index (κ2) is 5.14. The maximum absolute atomic E-state index is 12.0. The summed E-state index contributed by atoms with van der Waals surface area (Å²) in [7, 11) is 1.76. The molecule has 2 rings (SSSR count). The SMILES string of the molecule is Cn1ncnc1CC(=O)c1ccc(I)c(Cl)c1. The molecule has 0 saturated heterocycles. The van der Waals surface area contributed by atoms with Crippen LogP contribution < -0.4 is 0 Å². The zero-order chi connectivity index (χ0) is 12.4. The van der Waals surface area contributed by atoms with Gasteiger partial charge in [0.2, 0.25) is 0 Å². The van der Waals surface area contributed by atoms with E-state index in [2.05, 4.69) is 32.7 Å². The molecule has 6 heteroatoms. The number of Topliss-reactive ketones (excluding diaryl/α,β-unsaturated/α-hetero) is 1. The predicted molar refractivity (Wildman–Crippen MR) is 73.2 cm³/mol. The Hall–Kier alpha value is -0.950. The largest absolute Gasteiger partial charge is 0.294 e. The van der Waals surface area contributed by atoms with Crippen LogP contribution >= 0.6 is 34.2 Å². The minimum atomic E-state index is -0.0144. The van der Waals surface area contributed by atoms with Crippen LogP contribution in [-0.4, -0.2) is 20.5 Å². The molecule has 0 radical (unpaired) electrons. The summed E-state index contributed by atoms with van der Waals surface area (Å²) in [5.74, 6) is 0.629. The lowest BCUT2D eigenvalue weighted by atomic mass is 10.1. The van der Waals surface area contributed by atoms with Gasteiger partial charge in [0.1, 0.15) is 12.2 Å². The number of carbonyl (C=O) groups is 1. The Labute approximate surface area is 117 Å². The highest BCUT2D eigenvalue weighted by Gasteiger charge is 2.11. The summed E-state index contributed by atoms with van der Waals surface area (Å²) < 4.78 is 2.52. The second-order valence-corrected chi connectivity index (χ2v) is 5.10. The summed E-state index contributed by atoms with van der Waals surface area (Å²) in [5.41, 5.74) is 0.596. The molecule has 0 bridgehead atoms. The summed E-state index contributed by atoms with van der Waals surface area (Å²) in [5, 5.41) is 4.51. The first-order chi connectivity index (χ1) is 8.08. The second-order valence-electron chi connectivity index (χ2n) is 3.53. The third-order valence-corrected chi connectivity index (χ3v) is 3.94. The quantitative estimate of drug-likeness (QED) is 0.623. The highest BCUT2D eigenvalue weighted by molar-refractivity contribution is 14.1. The maximum Gasteiger partial charge on any atom is 0.170 e. The maximum atomic E-state index is 12.0. The molecule has 0 atom stereocenters. The van der Waals surface area contributed by atoms with Crippen molar-refractivity contribution >= 4 is 40.0 Å². The molecular weight excluding hydrogens is 352 g/mol. The normalized spacial score (nSPS) is 10.5. The van der Waals surface area contributed by atoms with E-state index in [4.69, 9.17) is 11.6 Å². The topological polar surface area (TPSA) is 47.8 Å². The number of nitrogens with zero attached hydrogens (tertiary/aromatic N) is 3. The fraction of sp³-hybridized carbons (Fsp3) is 0.182. The molecule has 0 unspecified atom stereocenters. The molecule has 0 aliphatic carbocycles. The molecule has 2 aromatic rings. The zero-order valence-electron chi connectivity index (χ0n) is 9.02. The third-order valence-electron chi connectivity index (χ3n) is 2.37. The number of hydrogen-bond donors (Lipinski definition) is 0. The number of hydrogen-bond acceptors (Lipinski definition) is 3. The molecule has 0 aliphatic heterocycles. The van der Waals surface area contributed by atoms with Crippen LogP contribution in [0.15, 0.2) is 24.5 Å². The highest BCUT2D eigenvalue weighted by atomic mass is 127. The average molecular weight is 362 g/mol. The van der Waals surface area contributed by atoms with Crippen LogP contribution in [0.3, 0.4) is 0 Å². The van der Waals surface area contributed by atoms with Crippen LogP contribution in [0, 0.1) is 3.57 Å². The smallest absolute Gasteiger partial charge is 0.170 e. The lowest BCUT2D eigenvalue weighted by Gasteiger charge is -2.02. The molecular formula is C11H9ClIN3O. The van der Waals surface area contributed by atoms with Crippen LogP contribution in [0.1, 0.15) is 16.2 Å². The summed E-state index contributed by atoms with van der Waals surface area (Å²) in [4.78, 5) is 16.0. The molecule has 0 amide bonds. The molecule has 1 aromatic carbocycles. The number of benzene rings is 1. The van der Waals surface area contributed by atoms with Gasteiger partial charge in [-0.25, -0.2) is 4.98 Å². The van der Waals surface area contributed by atoms with Crippen molar-refractivity contribution in [2.24, 2.45) is 7.05 Å². The highest BCUT2D eigenvalue weighted by Crippen LogP contribution is 2.20. The van der Waals surface area contributed by atoms with E-state index in [1.165, 1.54) is 6.33 Å². The van der Waals surface area contributed by atoms with Gasteiger partial charge in [-0.1, -0.05) is 17.7 Å². The Morgan fingerprint density at radius 3 is 2.88 bits per heavy atom. The molecule has 1 aromatic heterocycles. The van der Waals surface area contributed by atoms with Crippen LogP contribution in [0.25, 0.3) is 0 Å². The van der Waals surface area contributed by atoms with Gasteiger partial charge >= 0.3 is 0 Å². The molecule has 0 N–H and O–H groups in total. The van der Waals surface area contributed by atoms with E-state index in [9.17, 15) is 4.79 Å². The number of ketones is 1. The Balaban J connectivity index is 2.20. The Morgan fingerprint density at radius 2 is 2.29 bits per heavy atom. The van der Waals surface area contributed by atoms with Crippen LogP contribution in [-0.2, 0) is 13.5 Å². The summed E-state index contributed by atoms with van der Waals surface area (Å²) in [6, 6.07) is 5.28. The number of aryl methyl sites for hydroxylation is 1. The molecule has 1 heterocycles. The Bertz CT molecular complexity index is 568. The fourth-order valence-corrected chi connectivity index (χ4v) is 1.91. The Morgan fingerprint density at radius 1 is 1.53 bits per heavy atom. The van der Waals surface area contributed by atoms with Gasteiger partial charge in [-0.05, 0) is 34.7 Å². The first kappa shape index (κ1) is 12.5.